The van der Waals surface area contributed by atoms with E-state index in [1.807, 2.05) is 0 Å². The average molecular weight is 383 g/mol. The zero-order chi connectivity index (χ0) is 14.9. The van der Waals surface area contributed by atoms with Crippen LogP contribution in [0.2, 0.25) is 10.0 Å². The smallest absolute Gasteiger partial charge is 0.145 e. The molecule has 0 saturated carbocycles. The van der Waals surface area contributed by atoms with E-state index in [-0.39, 0.29) is 20.8 Å². The number of aromatic nitrogens is 1. The van der Waals surface area contributed by atoms with Crippen LogP contribution in [0.3, 0.4) is 0 Å². The molecule has 1 aromatic heterocycles. The number of halogens is 5. The van der Waals surface area contributed by atoms with Crippen molar-refractivity contribution in [2.24, 2.45) is 5.84 Å². The van der Waals surface area contributed by atoms with E-state index >= 15 is 0 Å². The van der Waals surface area contributed by atoms with Crippen molar-refractivity contribution in [3.8, 4) is 0 Å². The topological polar surface area (TPSA) is 50.9 Å². The van der Waals surface area contributed by atoms with E-state index in [9.17, 15) is 8.78 Å². The second-order valence-corrected chi connectivity index (χ2v) is 5.58. The summed E-state index contributed by atoms with van der Waals surface area (Å²) in [4.78, 5) is 3.98. The minimum absolute atomic E-state index is 0.110. The van der Waals surface area contributed by atoms with Crippen molar-refractivity contribution in [2.45, 2.75) is 6.04 Å². The Bertz CT molecular complexity index is 655. The maximum absolute atomic E-state index is 14.1. The van der Waals surface area contributed by atoms with Crippen molar-refractivity contribution in [1.82, 2.24) is 10.4 Å². The molecule has 3 N–H and O–H groups in total. The van der Waals surface area contributed by atoms with Crippen LogP contribution in [0.4, 0.5) is 8.78 Å². The maximum atomic E-state index is 14.1. The molecule has 8 heteroatoms. The SMILES string of the molecule is NNC(c1ncc(Cl)cc1Cl)c1c(F)ccc(Br)c1F. The van der Waals surface area contributed by atoms with Gasteiger partial charge in [-0.05, 0) is 34.1 Å². The third-order valence-electron chi connectivity index (χ3n) is 2.64. The van der Waals surface area contributed by atoms with E-state index in [2.05, 4.69) is 26.3 Å². The molecular formula is C12H8BrCl2F2N3. The van der Waals surface area contributed by atoms with Crippen molar-refractivity contribution >= 4 is 39.1 Å². The fourth-order valence-corrected chi connectivity index (χ4v) is 2.58. The molecule has 0 aliphatic rings. The molecule has 0 bridgehead atoms. The molecule has 0 amide bonds. The van der Waals surface area contributed by atoms with Gasteiger partial charge >= 0.3 is 0 Å². The Hall–Kier alpha value is -0.790. The van der Waals surface area contributed by atoms with Crippen LogP contribution in [0, 0.1) is 11.6 Å². The van der Waals surface area contributed by atoms with Crippen LogP contribution in [0.25, 0.3) is 0 Å². The van der Waals surface area contributed by atoms with Crippen LogP contribution in [0.15, 0.2) is 28.9 Å². The Labute approximate surface area is 132 Å². The van der Waals surface area contributed by atoms with Gasteiger partial charge in [0.1, 0.15) is 11.6 Å². The first-order valence-corrected chi connectivity index (χ1v) is 6.91. The van der Waals surface area contributed by atoms with Crippen molar-refractivity contribution in [2.75, 3.05) is 0 Å². The lowest BCUT2D eigenvalue weighted by atomic mass is 10.0. The lowest BCUT2D eigenvalue weighted by molar-refractivity contribution is 0.502. The van der Waals surface area contributed by atoms with E-state index in [0.717, 1.165) is 6.07 Å². The lowest BCUT2D eigenvalue weighted by Gasteiger charge is -2.19. The number of rotatable bonds is 3. The van der Waals surface area contributed by atoms with Crippen LogP contribution in [-0.4, -0.2) is 4.98 Å². The molecule has 0 aliphatic carbocycles. The Kier molecular flexibility index (Phi) is 4.93. The molecule has 0 radical (unpaired) electrons. The van der Waals surface area contributed by atoms with Gasteiger partial charge in [-0.2, -0.15) is 0 Å². The molecule has 0 fully saturated rings. The van der Waals surface area contributed by atoms with Crippen LogP contribution in [0.5, 0.6) is 0 Å². The molecule has 106 valence electrons. The maximum Gasteiger partial charge on any atom is 0.145 e. The number of nitrogens with zero attached hydrogens (tertiary/aromatic N) is 1. The monoisotopic (exact) mass is 381 g/mol. The van der Waals surface area contributed by atoms with E-state index in [0.29, 0.717) is 5.02 Å². The zero-order valence-electron chi connectivity index (χ0n) is 9.80. The summed E-state index contributed by atoms with van der Waals surface area (Å²) in [6.07, 6.45) is 1.32. The van der Waals surface area contributed by atoms with Crippen LogP contribution in [-0.2, 0) is 0 Å². The summed E-state index contributed by atoms with van der Waals surface area (Å²) in [5, 5.41) is 0.462. The van der Waals surface area contributed by atoms with Gasteiger partial charge in [0.05, 0.1) is 26.3 Å². The van der Waals surface area contributed by atoms with E-state index < -0.39 is 17.7 Å². The fraction of sp³-hybridized carbons (Fsp3) is 0.0833. The summed E-state index contributed by atoms with van der Waals surface area (Å²) >= 11 is 14.7. The molecule has 3 nitrogen and oxygen atoms in total. The number of hydrogen-bond donors (Lipinski definition) is 2. The molecule has 1 aromatic carbocycles. The van der Waals surface area contributed by atoms with E-state index in [1.54, 1.807) is 0 Å². The summed E-state index contributed by atoms with van der Waals surface area (Å²) in [7, 11) is 0. The summed E-state index contributed by atoms with van der Waals surface area (Å²) in [5.74, 6) is 3.86. The highest BCUT2D eigenvalue weighted by atomic mass is 79.9. The summed E-state index contributed by atoms with van der Waals surface area (Å²) in [6, 6.07) is 2.76. The second-order valence-electron chi connectivity index (χ2n) is 3.88. The molecule has 20 heavy (non-hydrogen) atoms. The third kappa shape index (κ3) is 2.94. The number of pyridine rings is 1. The zero-order valence-corrected chi connectivity index (χ0v) is 12.9. The molecule has 1 unspecified atom stereocenters. The largest absolute Gasteiger partial charge is 0.271 e. The predicted octanol–water partition coefficient (Wildman–Crippen LogP) is 3.98. The summed E-state index contributed by atoms with van der Waals surface area (Å²) in [5.41, 5.74) is 2.21. The molecule has 1 atom stereocenters. The minimum Gasteiger partial charge on any atom is -0.271 e. The third-order valence-corrected chi connectivity index (χ3v) is 3.77. The fourth-order valence-electron chi connectivity index (χ4n) is 1.74. The van der Waals surface area contributed by atoms with Gasteiger partial charge in [-0.3, -0.25) is 10.8 Å². The van der Waals surface area contributed by atoms with E-state index in [1.165, 1.54) is 18.3 Å². The molecule has 1 heterocycles. The first-order chi connectivity index (χ1) is 9.45. The van der Waals surface area contributed by atoms with Crippen molar-refractivity contribution < 1.29 is 8.78 Å². The van der Waals surface area contributed by atoms with Gasteiger partial charge in [-0.15, -0.1) is 0 Å². The first kappa shape index (κ1) is 15.6. The molecule has 0 spiro atoms. The number of hydrogen-bond acceptors (Lipinski definition) is 3. The second kappa shape index (κ2) is 6.32. The highest BCUT2D eigenvalue weighted by Crippen LogP contribution is 2.33. The number of nitrogens with two attached hydrogens (primary N) is 1. The number of nitrogens with one attached hydrogen (secondary N) is 1. The average Bonchev–Trinajstić information content (AvgIpc) is 2.40. The predicted molar refractivity (Wildman–Crippen MR) is 77.5 cm³/mol. The Morgan fingerprint density at radius 1 is 1.30 bits per heavy atom. The summed E-state index contributed by atoms with van der Waals surface area (Å²) < 4.78 is 28.1. The van der Waals surface area contributed by atoms with Crippen LogP contribution < -0.4 is 11.3 Å². The lowest BCUT2D eigenvalue weighted by Crippen LogP contribution is -2.31. The molecule has 0 saturated heterocycles. The molecular weight excluding hydrogens is 375 g/mol. The van der Waals surface area contributed by atoms with E-state index in [4.69, 9.17) is 29.0 Å². The Morgan fingerprint density at radius 3 is 2.60 bits per heavy atom. The van der Waals surface area contributed by atoms with Crippen LogP contribution in [0.1, 0.15) is 17.3 Å². The van der Waals surface area contributed by atoms with Crippen LogP contribution >= 0.6 is 39.1 Å². The Balaban J connectivity index is 2.61. The standard InChI is InChI=1S/C12H8BrCl2F2N3/c13-6-1-2-8(16)9(10(6)17)12(20-18)11-7(15)3-5(14)4-19-11/h1-4,12,20H,18H2. The minimum atomic E-state index is -1.04. The molecule has 2 rings (SSSR count). The van der Waals surface area contributed by atoms with Crippen molar-refractivity contribution in [3.63, 3.8) is 0 Å². The highest BCUT2D eigenvalue weighted by molar-refractivity contribution is 9.10. The number of hydrazine groups is 1. The highest BCUT2D eigenvalue weighted by Gasteiger charge is 2.25. The Morgan fingerprint density at radius 2 is 2.00 bits per heavy atom. The van der Waals surface area contributed by atoms with Gasteiger partial charge in [0.15, 0.2) is 0 Å². The number of benzene rings is 1. The molecule has 2 aromatic rings. The van der Waals surface area contributed by atoms with Gasteiger partial charge in [-0.1, -0.05) is 23.2 Å². The van der Waals surface area contributed by atoms with Gasteiger partial charge < -0.3 is 0 Å². The van der Waals surface area contributed by atoms with Gasteiger partial charge in [0, 0.05) is 11.8 Å². The quantitative estimate of drug-likeness (QED) is 0.479. The van der Waals surface area contributed by atoms with Gasteiger partial charge in [0.25, 0.3) is 0 Å². The normalized spacial score (nSPS) is 12.5. The van der Waals surface area contributed by atoms with Crippen molar-refractivity contribution in [3.05, 3.63) is 61.8 Å². The summed E-state index contributed by atoms with van der Waals surface area (Å²) in [6.45, 7) is 0. The van der Waals surface area contributed by atoms with Gasteiger partial charge in [-0.25, -0.2) is 14.2 Å². The van der Waals surface area contributed by atoms with Gasteiger partial charge in [0.2, 0.25) is 0 Å². The van der Waals surface area contributed by atoms with Crippen molar-refractivity contribution in [1.29, 1.82) is 0 Å². The molecule has 0 aliphatic heterocycles. The first-order valence-electron chi connectivity index (χ1n) is 5.36.